The van der Waals surface area contributed by atoms with Crippen LogP contribution in [0.3, 0.4) is 0 Å². The lowest BCUT2D eigenvalue weighted by molar-refractivity contribution is -0.137. The first kappa shape index (κ1) is 17.9. The second-order valence-electron chi connectivity index (χ2n) is 6.91. The van der Waals surface area contributed by atoms with Gasteiger partial charge in [-0.1, -0.05) is 66.7 Å². The van der Waals surface area contributed by atoms with Crippen molar-refractivity contribution in [3.63, 3.8) is 0 Å². The average molecular weight is 396 g/mol. The van der Waals surface area contributed by atoms with Gasteiger partial charge in [0, 0.05) is 5.56 Å². The van der Waals surface area contributed by atoms with Crippen molar-refractivity contribution < 1.29 is 9.53 Å². The molecule has 0 aliphatic carbocycles. The highest BCUT2D eigenvalue weighted by Crippen LogP contribution is 2.36. The van der Waals surface area contributed by atoms with Gasteiger partial charge in [-0.2, -0.15) is 0 Å². The largest absolute Gasteiger partial charge is 0.454 e. The van der Waals surface area contributed by atoms with Crippen LogP contribution >= 0.6 is 0 Å². The Morgan fingerprint density at radius 2 is 1.30 bits per heavy atom. The van der Waals surface area contributed by atoms with Crippen LogP contribution in [0.1, 0.15) is 5.56 Å². The number of hydrogen-bond donors (Lipinski definition) is 2. The first-order valence-corrected chi connectivity index (χ1v) is 9.70. The monoisotopic (exact) mass is 396 g/mol. The van der Waals surface area contributed by atoms with Crippen molar-refractivity contribution in [2.24, 2.45) is 0 Å². The molecule has 2 aliphatic rings. The Hall–Kier alpha value is -4.19. The van der Waals surface area contributed by atoms with Crippen LogP contribution in [-0.4, -0.2) is 22.6 Å². The van der Waals surface area contributed by atoms with E-state index in [2.05, 4.69) is 10.9 Å². The standard InChI is InChI=1S/C24H20N4O2/c29-24-23-22(17-30-24)28(26-20-14-8-3-9-15-20)21(18-10-4-1-5-11-18)16-27(23)25-19-12-6-2-7-13-19/h1-16,25-26H,17H2. The molecule has 0 radical (unpaired) electrons. The molecule has 0 atom stereocenters. The summed E-state index contributed by atoms with van der Waals surface area (Å²) in [6, 6.07) is 29.6. The maximum atomic E-state index is 12.6. The molecule has 2 heterocycles. The van der Waals surface area contributed by atoms with Crippen LogP contribution in [0.5, 0.6) is 0 Å². The quantitative estimate of drug-likeness (QED) is 0.623. The summed E-state index contributed by atoms with van der Waals surface area (Å²) >= 11 is 0. The van der Waals surface area contributed by atoms with Gasteiger partial charge in [-0.15, -0.1) is 0 Å². The zero-order valence-corrected chi connectivity index (χ0v) is 16.2. The number of nitrogens with one attached hydrogen (secondary N) is 2. The Morgan fingerprint density at radius 1 is 0.733 bits per heavy atom. The molecule has 0 spiro atoms. The van der Waals surface area contributed by atoms with Crippen molar-refractivity contribution in [3.8, 4) is 0 Å². The number of carbonyl (C=O) groups is 1. The minimum absolute atomic E-state index is 0.186. The summed E-state index contributed by atoms with van der Waals surface area (Å²) in [4.78, 5) is 12.6. The van der Waals surface area contributed by atoms with Crippen LogP contribution in [0.25, 0.3) is 5.70 Å². The van der Waals surface area contributed by atoms with Gasteiger partial charge in [0.1, 0.15) is 12.3 Å². The van der Waals surface area contributed by atoms with Gasteiger partial charge in [0.25, 0.3) is 0 Å². The van der Waals surface area contributed by atoms with Gasteiger partial charge in [-0.25, -0.2) is 4.79 Å². The summed E-state index contributed by atoms with van der Waals surface area (Å²) in [7, 11) is 0. The zero-order chi connectivity index (χ0) is 20.3. The molecular formula is C24H20N4O2. The highest BCUT2D eigenvalue weighted by Gasteiger charge is 2.38. The van der Waals surface area contributed by atoms with Crippen LogP contribution in [0.4, 0.5) is 11.4 Å². The molecule has 6 nitrogen and oxygen atoms in total. The summed E-state index contributed by atoms with van der Waals surface area (Å²) in [6.07, 6.45) is 1.91. The molecule has 6 heteroatoms. The van der Waals surface area contributed by atoms with E-state index in [1.165, 1.54) is 0 Å². The Labute approximate surface area is 174 Å². The van der Waals surface area contributed by atoms with Gasteiger partial charge in [-0.3, -0.25) is 20.9 Å². The molecule has 0 saturated heterocycles. The smallest absolute Gasteiger partial charge is 0.359 e. The number of para-hydroxylation sites is 2. The van der Waals surface area contributed by atoms with E-state index in [1.54, 1.807) is 5.01 Å². The second kappa shape index (κ2) is 7.67. The number of anilines is 2. The Balaban J connectivity index is 1.59. The number of hydrogen-bond acceptors (Lipinski definition) is 6. The molecular weight excluding hydrogens is 376 g/mol. The predicted octanol–water partition coefficient (Wildman–Crippen LogP) is 4.43. The van der Waals surface area contributed by atoms with Gasteiger partial charge in [0.05, 0.1) is 23.3 Å². The summed E-state index contributed by atoms with van der Waals surface area (Å²) in [6.45, 7) is 0.186. The number of hydrazine groups is 2. The third kappa shape index (κ3) is 3.35. The SMILES string of the molecule is O=C1OCC2=C1N(Nc1ccccc1)C=C(c1ccccc1)N2Nc1ccccc1. The van der Waals surface area contributed by atoms with Crippen molar-refractivity contribution in [3.05, 3.63) is 114 Å². The molecule has 0 fully saturated rings. The van der Waals surface area contributed by atoms with Gasteiger partial charge in [0.15, 0.2) is 5.70 Å². The van der Waals surface area contributed by atoms with E-state index in [1.807, 2.05) is 102 Å². The molecule has 0 aromatic heterocycles. The third-order valence-corrected chi connectivity index (χ3v) is 4.92. The molecule has 0 amide bonds. The number of nitrogens with zero attached hydrogens (tertiary/aromatic N) is 2. The lowest BCUT2D eigenvalue weighted by atomic mass is 10.1. The van der Waals surface area contributed by atoms with Crippen molar-refractivity contribution in [2.75, 3.05) is 17.5 Å². The Bertz CT molecular complexity index is 1110. The van der Waals surface area contributed by atoms with E-state index in [9.17, 15) is 4.79 Å². The maximum absolute atomic E-state index is 12.6. The fourth-order valence-corrected chi connectivity index (χ4v) is 3.51. The number of ether oxygens (including phenoxy) is 1. The summed E-state index contributed by atoms with van der Waals surface area (Å²) in [5.74, 6) is -0.364. The molecule has 30 heavy (non-hydrogen) atoms. The predicted molar refractivity (Wildman–Crippen MR) is 116 cm³/mol. The maximum Gasteiger partial charge on any atom is 0.359 e. The first-order chi connectivity index (χ1) is 14.8. The molecule has 3 aromatic rings. The van der Waals surface area contributed by atoms with E-state index in [4.69, 9.17) is 4.74 Å². The van der Waals surface area contributed by atoms with Crippen LogP contribution < -0.4 is 10.9 Å². The second-order valence-corrected chi connectivity index (χ2v) is 6.91. The molecule has 0 saturated carbocycles. The van der Waals surface area contributed by atoms with Gasteiger partial charge >= 0.3 is 5.97 Å². The number of carbonyl (C=O) groups excluding carboxylic acids is 1. The molecule has 2 N–H and O–H groups in total. The molecule has 0 bridgehead atoms. The van der Waals surface area contributed by atoms with E-state index in [0.717, 1.165) is 28.3 Å². The minimum atomic E-state index is -0.364. The van der Waals surface area contributed by atoms with E-state index < -0.39 is 0 Å². The summed E-state index contributed by atoms with van der Waals surface area (Å²) in [5, 5.41) is 3.67. The van der Waals surface area contributed by atoms with Crippen LogP contribution in [0.2, 0.25) is 0 Å². The minimum Gasteiger partial charge on any atom is -0.454 e. The highest BCUT2D eigenvalue weighted by molar-refractivity contribution is 5.93. The van der Waals surface area contributed by atoms with Crippen LogP contribution in [0.15, 0.2) is 109 Å². The topological polar surface area (TPSA) is 56.8 Å². The average Bonchev–Trinajstić information content (AvgIpc) is 3.19. The number of cyclic esters (lactones) is 1. The molecule has 2 aliphatic heterocycles. The van der Waals surface area contributed by atoms with Crippen LogP contribution in [-0.2, 0) is 9.53 Å². The van der Waals surface area contributed by atoms with Crippen molar-refractivity contribution in [1.29, 1.82) is 0 Å². The number of esters is 1. The molecule has 5 rings (SSSR count). The van der Waals surface area contributed by atoms with Crippen LogP contribution in [0, 0.1) is 0 Å². The fraction of sp³-hybridized carbons (Fsp3) is 0.0417. The van der Waals surface area contributed by atoms with E-state index in [-0.39, 0.29) is 12.6 Å². The summed E-state index contributed by atoms with van der Waals surface area (Å²) < 4.78 is 5.41. The van der Waals surface area contributed by atoms with Crippen molar-refractivity contribution in [2.45, 2.75) is 0 Å². The normalized spacial score (nSPS) is 15.5. The summed E-state index contributed by atoms with van der Waals surface area (Å²) in [5.41, 5.74) is 11.6. The molecule has 3 aromatic carbocycles. The Kier molecular flexibility index (Phi) is 4.57. The van der Waals surface area contributed by atoms with Gasteiger partial charge in [0.2, 0.25) is 0 Å². The van der Waals surface area contributed by atoms with Crippen molar-refractivity contribution >= 4 is 23.0 Å². The highest BCUT2D eigenvalue weighted by atomic mass is 16.5. The van der Waals surface area contributed by atoms with E-state index >= 15 is 0 Å². The van der Waals surface area contributed by atoms with E-state index in [0.29, 0.717) is 5.70 Å². The lowest BCUT2D eigenvalue weighted by Crippen LogP contribution is -2.39. The first-order valence-electron chi connectivity index (χ1n) is 9.70. The molecule has 148 valence electrons. The number of rotatable bonds is 5. The molecule has 0 unspecified atom stereocenters. The fourth-order valence-electron chi connectivity index (χ4n) is 3.51. The van der Waals surface area contributed by atoms with Gasteiger partial charge < -0.3 is 4.74 Å². The van der Waals surface area contributed by atoms with Crippen molar-refractivity contribution in [1.82, 2.24) is 10.0 Å². The lowest BCUT2D eigenvalue weighted by Gasteiger charge is -2.36. The zero-order valence-electron chi connectivity index (χ0n) is 16.2. The third-order valence-electron chi connectivity index (χ3n) is 4.92. The Morgan fingerprint density at radius 3 is 1.93 bits per heavy atom. The number of benzene rings is 3. The van der Waals surface area contributed by atoms with Gasteiger partial charge in [-0.05, 0) is 24.3 Å².